The van der Waals surface area contributed by atoms with Crippen LogP contribution in [0, 0.1) is 0 Å². The summed E-state index contributed by atoms with van der Waals surface area (Å²) in [5.74, 6) is 0. The lowest BCUT2D eigenvalue weighted by molar-refractivity contribution is -0.207. The van der Waals surface area contributed by atoms with Crippen LogP contribution in [0.5, 0.6) is 0 Å². The summed E-state index contributed by atoms with van der Waals surface area (Å²) in [4.78, 5) is 14.8. The van der Waals surface area contributed by atoms with Gasteiger partial charge in [-0.2, -0.15) is 13.2 Å². The fourth-order valence-electron chi connectivity index (χ4n) is 1.06. The molecular weight excluding hydrogens is 253 g/mol. The smallest absolute Gasteiger partial charge is 0.420 e. The standard InChI is InChI=1S/C10H13F3N2O3/c1-9(2,3)18-8(17)15-4-6(14-5-15)7(16)10(11,12)13/h4-5,7,16H,1-3H3. The van der Waals surface area contributed by atoms with Crippen molar-refractivity contribution in [3.05, 3.63) is 18.2 Å². The molecule has 1 atom stereocenters. The molecule has 1 aromatic rings. The Hall–Kier alpha value is -1.57. The number of hydrogen-bond acceptors (Lipinski definition) is 4. The molecule has 18 heavy (non-hydrogen) atoms. The third-order valence-electron chi connectivity index (χ3n) is 1.80. The Morgan fingerprint density at radius 2 is 2.00 bits per heavy atom. The van der Waals surface area contributed by atoms with Gasteiger partial charge in [-0.3, -0.25) is 0 Å². The number of alkyl halides is 3. The van der Waals surface area contributed by atoms with Crippen LogP contribution < -0.4 is 0 Å². The second-order valence-electron chi connectivity index (χ2n) is 4.63. The first-order chi connectivity index (χ1) is 8.00. The molecule has 1 heterocycles. The van der Waals surface area contributed by atoms with Crippen LogP contribution in [0.2, 0.25) is 0 Å². The van der Waals surface area contributed by atoms with Crippen molar-refractivity contribution in [2.24, 2.45) is 0 Å². The highest BCUT2D eigenvalue weighted by atomic mass is 19.4. The molecule has 0 saturated heterocycles. The highest BCUT2D eigenvalue weighted by Gasteiger charge is 2.41. The molecule has 0 aliphatic carbocycles. The minimum atomic E-state index is -4.83. The number of imidazole rings is 1. The molecule has 1 rings (SSSR count). The molecule has 102 valence electrons. The van der Waals surface area contributed by atoms with Crippen molar-refractivity contribution in [1.82, 2.24) is 9.55 Å². The van der Waals surface area contributed by atoms with Crippen molar-refractivity contribution < 1.29 is 27.8 Å². The highest BCUT2D eigenvalue weighted by molar-refractivity contribution is 5.70. The second-order valence-corrected chi connectivity index (χ2v) is 4.63. The number of halogens is 3. The van der Waals surface area contributed by atoms with Crippen molar-refractivity contribution >= 4 is 6.09 Å². The average Bonchev–Trinajstić information content (AvgIpc) is 2.60. The van der Waals surface area contributed by atoms with E-state index in [1.165, 1.54) is 0 Å². The Morgan fingerprint density at radius 3 is 2.44 bits per heavy atom. The fourth-order valence-corrected chi connectivity index (χ4v) is 1.06. The predicted octanol–water partition coefficient (Wildman–Crippen LogP) is 2.26. The third-order valence-corrected chi connectivity index (χ3v) is 1.80. The largest absolute Gasteiger partial charge is 0.443 e. The van der Waals surface area contributed by atoms with Crippen molar-refractivity contribution in [1.29, 1.82) is 0 Å². The maximum Gasteiger partial charge on any atom is 0.420 e. The third kappa shape index (κ3) is 3.73. The number of hydrogen-bond donors (Lipinski definition) is 1. The Morgan fingerprint density at radius 1 is 1.44 bits per heavy atom. The molecule has 1 aromatic heterocycles. The number of carbonyl (C=O) groups excluding carboxylic acids is 1. The van der Waals surface area contributed by atoms with Gasteiger partial charge in [0.1, 0.15) is 11.9 Å². The topological polar surface area (TPSA) is 64.4 Å². The SMILES string of the molecule is CC(C)(C)OC(=O)n1cnc(C(O)C(F)(F)F)c1. The van der Waals surface area contributed by atoms with E-state index in [-0.39, 0.29) is 0 Å². The van der Waals surface area contributed by atoms with E-state index < -0.39 is 29.7 Å². The van der Waals surface area contributed by atoms with Crippen LogP contribution in [0.1, 0.15) is 32.6 Å². The van der Waals surface area contributed by atoms with Gasteiger partial charge in [-0.15, -0.1) is 0 Å². The van der Waals surface area contributed by atoms with E-state index in [1.54, 1.807) is 20.8 Å². The molecule has 0 bridgehead atoms. The molecule has 1 unspecified atom stereocenters. The molecule has 0 aliphatic rings. The average molecular weight is 266 g/mol. The second kappa shape index (κ2) is 4.60. The number of aliphatic hydroxyl groups is 1. The molecule has 0 aliphatic heterocycles. The monoisotopic (exact) mass is 266 g/mol. The van der Waals surface area contributed by atoms with Gasteiger partial charge >= 0.3 is 12.3 Å². The van der Waals surface area contributed by atoms with E-state index in [9.17, 15) is 18.0 Å². The normalized spacial score (nSPS) is 14.4. The van der Waals surface area contributed by atoms with Crippen LogP contribution in [0.3, 0.4) is 0 Å². The summed E-state index contributed by atoms with van der Waals surface area (Å²) in [7, 11) is 0. The van der Waals surface area contributed by atoms with Crippen molar-refractivity contribution in [2.75, 3.05) is 0 Å². The number of aromatic nitrogens is 2. The van der Waals surface area contributed by atoms with E-state index >= 15 is 0 Å². The first-order valence-corrected chi connectivity index (χ1v) is 5.03. The molecule has 0 fully saturated rings. The van der Waals surface area contributed by atoms with Gasteiger partial charge in [-0.1, -0.05) is 0 Å². The fraction of sp³-hybridized carbons (Fsp3) is 0.600. The first kappa shape index (κ1) is 14.5. The van der Waals surface area contributed by atoms with Gasteiger partial charge in [0.15, 0.2) is 6.10 Å². The summed E-state index contributed by atoms with van der Waals surface area (Å²) >= 11 is 0. The van der Waals surface area contributed by atoms with Crippen molar-refractivity contribution in [3.63, 3.8) is 0 Å². The van der Waals surface area contributed by atoms with Crippen LogP contribution in [0.15, 0.2) is 12.5 Å². The maximum atomic E-state index is 12.2. The van der Waals surface area contributed by atoms with Crippen molar-refractivity contribution in [2.45, 2.75) is 38.7 Å². The van der Waals surface area contributed by atoms with Crippen LogP contribution in [0.4, 0.5) is 18.0 Å². The van der Waals surface area contributed by atoms with E-state index in [2.05, 4.69) is 4.98 Å². The Balaban J connectivity index is 2.84. The lowest BCUT2D eigenvalue weighted by Gasteiger charge is -2.19. The quantitative estimate of drug-likeness (QED) is 0.846. The molecule has 5 nitrogen and oxygen atoms in total. The van der Waals surface area contributed by atoms with Crippen molar-refractivity contribution in [3.8, 4) is 0 Å². The molecule has 0 saturated carbocycles. The van der Waals surface area contributed by atoms with E-state index in [0.717, 1.165) is 17.1 Å². The van der Waals surface area contributed by atoms with Gasteiger partial charge in [0.25, 0.3) is 0 Å². The highest BCUT2D eigenvalue weighted by Crippen LogP contribution is 2.31. The number of nitrogens with zero attached hydrogens (tertiary/aromatic N) is 2. The number of ether oxygens (including phenoxy) is 1. The van der Waals surface area contributed by atoms with E-state index in [4.69, 9.17) is 9.84 Å². The molecule has 1 N–H and O–H groups in total. The number of aliphatic hydroxyl groups excluding tert-OH is 1. The maximum absolute atomic E-state index is 12.2. The lowest BCUT2D eigenvalue weighted by Crippen LogP contribution is -2.26. The predicted molar refractivity (Wildman–Crippen MR) is 54.9 cm³/mol. The molecular formula is C10H13F3N2O3. The molecule has 0 radical (unpaired) electrons. The Kier molecular flexibility index (Phi) is 3.70. The first-order valence-electron chi connectivity index (χ1n) is 5.03. The van der Waals surface area contributed by atoms with Crippen LogP contribution in [-0.4, -0.2) is 32.5 Å². The van der Waals surface area contributed by atoms with Crippen LogP contribution >= 0.6 is 0 Å². The summed E-state index contributed by atoms with van der Waals surface area (Å²) in [6.07, 6.45) is -6.77. The summed E-state index contributed by atoms with van der Waals surface area (Å²) in [6.45, 7) is 4.86. The van der Waals surface area contributed by atoms with Gasteiger partial charge in [0, 0.05) is 6.20 Å². The molecule has 0 spiro atoms. The Labute approximate surface area is 101 Å². The minimum Gasteiger partial charge on any atom is -0.443 e. The summed E-state index contributed by atoms with van der Waals surface area (Å²) in [5.41, 5.74) is -1.43. The lowest BCUT2D eigenvalue weighted by atomic mass is 10.2. The summed E-state index contributed by atoms with van der Waals surface area (Å²) in [5, 5.41) is 8.93. The van der Waals surface area contributed by atoms with Gasteiger partial charge in [-0.05, 0) is 20.8 Å². The molecule has 0 amide bonds. The van der Waals surface area contributed by atoms with E-state index in [1.807, 2.05) is 0 Å². The zero-order valence-corrected chi connectivity index (χ0v) is 10.0. The van der Waals surface area contributed by atoms with Crippen LogP contribution in [0.25, 0.3) is 0 Å². The van der Waals surface area contributed by atoms with Gasteiger partial charge in [-0.25, -0.2) is 14.3 Å². The number of rotatable bonds is 1. The molecule has 0 aromatic carbocycles. The van der Waals surface area contributed by atoms with E-state index in [0.29, 0.717) is 0 Å². The summed E-state index contributed by atoms with van der Waals surface area (Å²) in [6, 6.07) is 0. The minimum absolute atomic E-state index is 0.659. The Bertz CT molecular complexity index is 434. The van der Waals surface area contributed by atoms with Gasteiger partial charge < -0.3 is 9.84 Å². The summed E-state index contributed by atoms with van der Waals surface area (Å²) < 4.78 is 42.3. The van der Waals surface area contributed by atoms with Gasteiger partial charge in [0.2, 0.25) is 0 Å². The zero-order valence-electron chi connectivity index (χ0n) is 10.0. The molecule has 8 heteroatoms. The van der Waals surface area contributed by atoms with Gasteiger partial charge in [0.05, 0.1) is 5.69 Å². The number of carbonyl (C=O) groups is 1. The van der Waals surface area contributed by atoms with Crippen LogP contribution in [-0.2, 0) is 4.74 Å². The zero-order chi connectivity index (χ0) is 14.1.